The van der Waals surface area contributed by atoms with E-state index < -0.39 is 0 Å². The van der Waals surface area contributed by atoms with E-state index in [9.17, 15) is 8.78 Å². The summed E-state index contributed by atoms with van der Waals surface area (Å²) in [6.07, 6.45) is 0. The molecule has 0 saturated heterocycles. The van der Waals surface area contributed by atoms with Crippen molar-refractivity contribution >= 4 is 0 Å². The first-order chi connectivity index (χ1) is 9.60. The molecule has 0 atom stereocenters. The van der Waals surface area contributed by atoms with E-state index in [1.807, 2.05) is 18.0 Å². The van der Waals surface area contributed by atoms with Gasteiger partial charge in [-0.25, -0.2) is 8.78 Å². The van der Waals surface area contributed by atoms with Gasteiger partial charge in [0.15, 0.2) is 0 Å². The highest BCUT2D eigenvalue weighted by Crippen LogP contribution is 2.15. The normalized spacial score (nSPS) is 11.1. The van der Waals surface area contributed by atoms with Crippen LogP contribution in [0.4, 0.5) is 8.78 Å². The molecular formula is C16H18F2N2. The van der Waals surface area contributed by atoms with Gasteiger partial charge < -0.3 is 5.73 Å². The Labute approximate surface area is 117 Å². The Morgan fingerprint density at radius 3 is 2.20 bits per heavy atom. The van der Waals surface area contributed by atoms with Crippen LogP contribution in [0.3, 0.4) is 0 Å². The van der Waals surface area contributed by atoms with Gasteiger partial charge in [-0.15, -0.1) is 0 Å². The Hall–Kier alpha value is -1.78. The predicted molar refractivity (Wildman–Crippen MR) is 75.9 cm³/mol. The van der Waals surface area contributed by atoms with Gasteiger partial charge in [0.05, 0.1) is 0 Å². The molecule has 0 aliphatic heterocycles. The summed E-state index contributed by atoms with van der Waals surface area (Å²) >= 11 is 0. The average Bonchev–Trinajstić information content (AvgIpc) is 2.43. The van der Waals surface area contributed by atoms with Crippen LogP contribution in [0, 0.1) is 11.6 Å². The highest BCUT2D eigenvalue weighted by Gasteiger charge is 2.09. The molecule has 106 valence electrons. The largest absolute Gasteiger partial charge is 0.326 e. The van der Waals surface area contributed by atoms with Crippen LogP contribution in [-0.4, -0.2) is 11.9 Å². The van der Waals surface area contributed by atoms with E-state index in [1.54, 1.807) is 24.3 Å². The summed E-state index contributed by atoms with van der Waals surface area (Å²) in [5.41, 5.74) is 7.43. The first-order valence-electron chi connectivity index (χ1n) is 6.49. The van der Waals surface area contributed by atoms with Crippen LogP contribution in [0.25, 0.3) is 0 Å². The number of rotatable bonds is 5. The third-order valence-corrected chi connectivity index (χ3v) is 3.19. The fraction of sp³-hybridized carbons (Fsp3) is 0.250. The Morgan fingerprint density at radius 1 is 0.950 bits per heavy atom. The Bertz CT molecular complexity index is 584. The zero-order valence-electron chi connectivity index (χ0n) is 11.4. The quantitative estimate of drug-likeness (QED) is 0.909. The van der Waals surface area contributed by atoms with E-state index in [2.05, 4.69) is 0 Å². The molecular weight excluding hydrogens is 258 g/mol. The zero-order valence-corrected chi connectivity index (χ0v) is 11.4. The molecule has 0 aromatic heterocycles. The first kappa shape index (κ1) is 14.6. The Morgan fingerprint density at radius 2 is 1.60 bits per heavy atom. The summed E-state index contributed by atoms with van der Waals surface area (Å²) in [6, 6.07) is 11.6. The van der Waals surface area contributed by atoms with Crippen LogP contribution < -0.4 is 5.73 Å². The number of hydrogen-bond donors (Lipinski definition) is 1. The van der Waals surface area contributed by atoms with Crippen molar-refractivity contribution in [1.29, 1.82) is 0 Å². The molecule has 0 radical (unpaired) electrons. The summed E-state index contributed by atoms with van der Waals surface area (Å²) in [6.45, 7) is 1.18. The second-order valence-electron chi connectivity index (χ2n) is 4.89. The molecule has 0 aliphatic rings. The Balaban J connectivity index is 2.05. The highest BCUT2D eigenvalue weighted by molar-refractivity contribution is 5.24. The molecule has 0 fully saturated rings. The summed E-state index contributed by atoms with van der Waals surface area (Å²) in [5.74, 6) is -0.508. The first-order valence-corrected chi connectivity index (χ1v) is 6.49. The molecule has 2 nitrogen and oxygen atoms in total. The minimum atomic E-state index is -0.270. The zero-order chi connectivity index (χ0) is 14.5. The number of nitrogens with two attached hydrogens (primary N) is 1. The summed E-state index contributed by atoms with van der Waals surface area (Å²) in [5, 5.41) is 0. The number of halogens is 2. The molecule has 20 heavy (non-hydrogen) atoms. The van der Waals surface area contributed by atoms with Crippen molar-refractivity contribution in [2.24, 2.45) is 5.73 Å². The van der Waals surface area contributed by atoms with Gasteiger partial charge in [-0.2, -0.15) is 0 Å². The molecule has 0 amide bonds. The molecule has 2 rings (SSSR count). The lowest BCUT2D eigenvalue weighted by atomic mass is 10.1. The van der Waals surface area contributed by atoms with Crippen LogP contribution in [0.2, 0.25) is 0 Å². The lowest BCUT2D eigenvalue weighted by molar-refractivity contribution is 0.308. The van der Waals surface area contributed by atoms with Gasteiger partial charge in [0, 0.05) is 30.8 Å². The highest BCUT2D eigenvalue weighted by atomic mass is 19.1. The van der Waals surface area contributed by atoms with Gasteiger partial charge in [-0.1, -0.05) is 30.3 Å². The molecule has 0 spiro atoms. The molecule has 4 heteroatoms. The predicted octanol–water partition coefficient (Wildman–Crippen LogP) is 3.06. The molecule has 2 aromatic rings. The maximum atomic E-state index is 13.9. The van der Waals surface area contributed by atoms with Crippen molar-refractivity contribution in [2.75, 3.05) is 7.05 Å². The van der Waals surface area contributed by atoms with E-state index in [0.717, 1.165) is 5.56 Å². The fourth-order valence-electron chi connectivity index (χ4n) is 2.11. The number of nitrogens with zero attached hydrogens (tertiary/aromatic N) is 1. The van der Waals surface area contributed by atoms with Crippen molar-refractivity contribution in [3.63, 3.8) is 0 Å². The van der Waals surface area contributed by atoms with Gasteiger partial charge in [-0.3, -0.25) is 4.90 Å². The van der Waals surface area contributed by atoms with Gasteiger partial charge in [0.1, 0.15) is 11.6 Å². The molecule has 0 bridgehead atoms. The van der Waals surface area contributed by atoms with Crippen molar-refractivity contribution in [3.05, 3.63) is 70.8 Å². The minimum Gasteiger partial charge on any atom is -0.326 e. The van der Waals surface area contributed by atoms with Crippen LogP contribution in [0.5, 0.6) is 0 Å². The number of hydrogen-bond acceptors (Lipinski definition) is 2. The second-order valence-corrected chi connectivity index (χ2v) is 4.89. The summed E-state index contributed by atoms with van der Waals surface area (Å²) in [4.78, 5) is 1.87. The maximum Gasteiger partial charge on any atom is 0.128 e. The van der Waals surface area contributed by atoms with Crippen LogP contribution in [0.1, 0.15) is 16.7 Å². The lowest BCUT2D eigenvalue weighted by Gasteiger charge is -2.18. The van der Waals surface area contributed by atoms with E-state index in [0.29, 0.717) is 30.8 Å². The molecule has 0 unspecified atom stereocenters. The van der Waals surface area contributed by atoms with Gasteiger partial charge in [-0.05, 0) is 24.7 Å². The number of benzene rings is 2. The molecule has 0 heterocycles. The smallest absolute Gasteiger partial charge is 0.128 e. The van der Waals surface area contributed by atoms with Crippen LogP contribution in [0.15, 0.2) is 42.5 Å². The van der Waals surface area contributed by atoms with Crippen LogP contribution >= 0.6 is 0 Å². The maximum absolute atomic E-state index is 13.9. The third kappa shape index (κ3) is 3.62. The lowest BCUT2D eigenvalue weighted by Crippen LogP contribution is -2.19. The van der Waals surface area contributed by atoms with Crippen molar-refractivity contribution < 1.29 is 8.78 Å². The average molecular weight is 276 g/mol. The van der Waals surface area contributed by atoms with Gasteiger partial charge in [0.2, 0.25) is 0 Å². The molecule has 2 N–H and O–H groups in total. The molecule has 0 saturated carbocycles. The Kier molecular flexibility index (Phi) is 4.82. The van der Waals surface area contributed by atoms with E-state index in [1.165, 1.54) is 12.1 Å². The third-order valence-electron chi connectivity index (χ3n) is 3.19. The summed E-state index contributed by atoms with van der Waals surface area (Å²) in [7, 11) is 1.84. The topological polar surface area (TPSA) is 29.3 Å². The van der Waals surface area contributed by atoms with E-state index >= 15 is 0 Å². The molecule has 0 aliphatic carbocycles. The van der Waals surface area contributed by atoms with Crippen molar-refractivity contribution in [1.82, 2.24) is 4.90 Å². The SMILES string of the molecule is CN(Cc1ccccc1F)Cc1ccc(CN)cc1F. The monoisotopic (exact) mass is 276 g/mol. The summed E-state index contributed by atoms with van der Waals surface area (Å²) < 4.78 is 27.4. The fourth-order valence-corrected chi connectivity index (χ4v) is 2.11. The van der Waals surface area contributed by atoms with Gasteiger partial charge in [0.25, 0.3) is 0 Å². The standard InChI is InChI=1S/C16H18F2N2/c1-20(10-13-4-2-3-5-15(13)17)11-14-7-6-12(9-19)8-16(14)18/h2-8H,9-11,19H2,1H3. The molecule has 2 aromatic carbocycles. The van der Waals surface area contributed by atoms with Crippen LogP contribution in [-0.2, 0) is 19.6 Å². The van der Waals surface area contributed by atoms with Crippen molar-refractivity contribution in [2.45, 2.75) is 19.6 Å². The van der Waals surface area contributed by atoms with Crippen molar-refractivity contribution in [3.8, 4) is 0 Å². The van der Waals surface area contributed by atoms with E-state index in [4.69, 9.17) is 5.73 Å². The second kappa shape index (κ2) is 6.59. The van der Waals surface area contributed by atoms with Gasteiger partial charge >= 0.3 is 0 Å². The minimum absolute atomic E-state index is 0.238. The van der Waals surface area contributed by atoms with E-state index in [-0.39, 0.29) is 11.6 Å².